The largest absolute Gasteiger partial charge is 0.356 e. The van der Waals surface area contributed by atoms with Crippen molar-refractivity contribution in [3.63, 3.8) is 0 Å². The van der Waals surface area contributed by atoms with Crippen LogP contribution in [-0.4, -0.2) is 26.0 Å². The lowest BCUT2D eigenvalue weighted by molar-refractivity contribution is -0.121. The van der Waals surface area contributed by atoms with Crippen molar-refractivity contribution in [3.8, 4) is 0 Å². The Hall–Kier alpha value is -0.280. The van der Waals surface area contributed by atoms with Gasteiger partial charge in [-0.05, 0) is 38.8 Å². The summed E-state index contributed by atoms with van der Waals surface area (Å²) < 4.78 is 0. The monoisotopic (exact) mass is 236 g/mol. The molecule has 0 radical (unpaired) electrons. The van der Waals surface area contributed by atoms with Gasteiger partial charge < -0.3 is 10.6 Å². The molecule has 4 heteroatoms. The molecule has 0 unspecified atom stereocenters. The Labute approximate surface area is 99.8 Å². The van der Waals surface area contributed by atoms with E-state index in [0.717, 1.165) is 31.8 Å². The van der Waals surface area contributed by atoms with Gasteiger partial charge in [0.2, 0.25) is 5.91 Å². The SMILES string of the molecule is CNCCCC(=O)NCCCC(C)C.Cl. The predicted molar refractivity (Wildman–Crippen MR) is 67.5 cm³/mol. The molecule has 3 nitrogen and oxygen atoms in total. The molecule has 0 aliphatic carbocycles. The van der Waals surface area contributed by atoms with Gasteiger partial charge in [0.1, 0.15) is 0 Å². The number of carbonyl (C=O) groups is 1. The summed E-state index contributed by atoms with van der Waals surface area (Å²) in [5.74, 6) is 0.917. The van der Waals surface area contributed by atoms with Gasteiger partial charge in [0.15, 0.2) is 0 Å². The molecular weight excluding hydrogens is 212 g/mol. The molecule has 2 N–H and O–H groups in total. The standard InChI is InChI=1S/C11H24N2O.ClH/c1-10(2)6-4-9-13-11(14)7-5-8-12-3;/h10,12H,4-9H2,1-3H3,(H,13,14);1H. The first kappa shape index (κ1) is 17.1. The summed E-state index contributed by atoms with van der Waals surface area (Å²) in [6.07, 6.45) is 3.85. The first-order chi connectivity index (χ1) is 6.66. The van der Waals surface area contributed by atoms with Crippen molar-refractivity contribution in [2.24, 2.45) is 5.92 Å². The highest BCUT2D eigenvalue weighted by atomic mass is 35.5. The summed E-state index contributed by atoms with van der Waals surface area (Å²) in [7, 11) is 1.90. The maximum absolute atomic E-state index is 11.2. The molecule has 0 aliphatic heterocycles. The molecule has 0 spiro atoms. The molecule has 0 aliphatic rings. The van der Waals surface area contributed by atoms with Crippen molar-refractivity contribution >= 4 is 18.3 Å². The van der Waals surface area contributed by atoms with Gasteiger partial charge in [-0.25, -0.2) is 0 Å². The molecule has 0 aromatic carbocycles. The first-order valence-electron chi connectivity index (χ1n) is 5.58. The van der Waals surface area contributed by atoms with Crippen LogP contribution in [0.2, 0.25) is 0 Å². The van der Waals surface area contributed by atoms with Crippen molar-refractivity contribution in [3.05, 3.63) is 0 Å². The average molecular weight is 237 g/mol. The van der Waals surface area contributed by atoms with Crippen molar-refractivity contribution in [2.45, 2.75) is 39.5 Å². The van der Waals surface area contributed by atoms with E-state index in [4.69, 9.17) is 0 Å². The fourth-order valence-electron chi connectivity index (χ4n) is 1.25. The topological polar surface area (TPSA) is 41.1 Å². The van der Waals surface area contributed by atoms with E-state index in [2.05, 4.69) is 24.5 Å². The molecule has 15 heavy (non-hydrogen) atoms. The van der Waals surface area contributed by atoms with Crippen LogP contribution in [0.25, 0.3) is 0 Å². The van der Waals surface area contributed by atoms with E-state index in [-0.39, 0.29) is 18.3 Å². The van der Waals surface area contributed by atoms with E-state index in [9.17, 15) is 4.79 Å². The van der Waals surface area contributed by atoms with Gasteiger partial charge in [0, 0.05) is 13.0 Å². The lowest BCUT2D eigenvalue weighted by atomic mass is 10.1. The Balaban J connectivity index is 0. The van der Waals surface area contributed by atoms with Crippen molar-refractivity contribution in [1.29, 1.82) is 0 Å². The molecule has 0 rings (SSSR count). The van der Waals surface area contributed by atoms with Crippen molar-refractivity contribution < 1.29 is 4.79 Å². The van der Waals surface area contributed by atoms with Gasteiger partial charge in [-0.1, -0.05) is 13.8 Å². The summed E-state index contributed by atoms with van der Waals surface area (Å²) in [4.78, 5) is 11.2. The zero-order valence-electron chi connectivity index (χ0n) is 10.1. The zero-order valence-corrected chi connectivity index (χ0v) is 11.0. The van der Waals surface area contributed by atoms with Gasteiger partial charge in [-0.3, -0.25) is 4.79 Å². The Morgan fingerprint density at radius 1 is 1.20 bits per heavy atom. The maximum Gasteiger partial charge on any atom is 0.220 e. The van der Waals surface area contributed by atoms with Crippen LogP contribution in [0.15, 0.2) is 0 Å². The smallest absolute Gasteiger partial charge is 0.220 e. The fraction of sp³-hybridized carbons (Fsp3) is 0.909. The minimum atomic E-state index is 0. The summed E-state index contributed by atoms with van der Waals surface area (Å²) in [6, 6.07) is 0. The molecule has 92 valence electrons. The Kier molecular flexibility index (Phi) is 13.5. The molecular formula is C11H25ClN2O. The Morgan fingerprint density at radius 2 is 1.87 bits per heavy atom. The minimum Gasteiger partial charge on any atom is -0.356 e. The third-order valence-corrected chi connectivity index (χ3v) is 2.11. The van der Waals surface area contributed by atoms with Crippen LogP contribution < -0.4 is 10.6 Å². The van der Waals surface area contributed by atoms with Crippen LogP contribution >= 0.6 is 12.4 Å². The van der Waals surface area contributed by atoms with Crippen molar-refractivity contribution in [1.82, 2.24) is 10.6 Å². The second-order valence-corrected chi connectivity index (χ2v) is 4.09. The molecule has 0 aromatic heterocycles. The van der Waals surface area contributed by atoms with Gasteiger partial charge in [-0.2, -0.15) is 0 Å². The van der Waals surface area contributed by atoms with Crippen LogP contribution in [-0.2, 0) is 4.79 Å². The number of hydrogen-bond acceptors (Lipinski definition) is 2. The summed E-state index contributed by atoms with van der Waals surface area (Å²) in [5.41, 5.74) is 0. The highest BCUT2D eigenvalue weighted by Gasteiger charge is 1.99. The van der Waals surface area contributed by atoms with E-state index in [1.165, 1.54) is 6.42 Å². The van der Waals surface area contributed by atoms with Crippen LogP contribution in [0.4, 0.5) is 0 Å². The Morgan fingerprint density at radius 3 is 2.40 bits per heavy atom. The van der Waals surface area contributed by atoms with Gasteiger partial charge in [0.05, 0.1) is 0 Å². The fourth-order valence-corrected chi connectivity index (χ4v) is 1.25. The van der Waals surface area contributed by atoms with E-state index in [1.807, 2.05) is 7.05 Å². The second kappa shape index (κ2) is 11.8. The highest BCUT2D eigenvalue weighted by molar-refractivity contribution is 5.85. The summed E-state index contributed by atoms with van der Waals surface area (Å²) >= 11 is 0. The third kappa shape index (κ3) is 13.7. The predicted octanol–water partition coefficient (Wildman–Crippen LogP) is 1.96. The number of nitrogens with one attached hydrogen (secondary N) is 2. The van der Waals surface area contributed by atoms with Crippen LogP contribution in [0.5, 0.6) is 0 Å². The molecule has 0 saturated carbocycles. The minimum absolute atomic E-state index is 0. The third-order valence-electron chi connectivity index (χ3n) is 2.11. The number of hydrogen-bond donors (Lipinski definition) is 2. The van der Waals surface area contributed by atoms with Crippen LogP contribution in [0, 0.1) is 5.92 Å². The molecule has 0 atom stereocenters. The zero-order chi connectivity index (χ0) is 10.8. The van der Waals surface area contributed by atoms with E-state index < -0.39 is 0 Å². The molecule has 0 fully saturated rings. The normalized spacial score (nSPS) is 9.87. The molecule has 0 heterocycles. The maximum atomic E-state index is 11.2. The van der Waals surface area contributed by atoms with E-state index >= 15 is 0 Å². The summed E-state index contributed by atoms with van der Waals surface area (Å²) in [6.45, 7) is 6.15. The van der Waals surface area contributed by atoms with Gasteiger partial charge in [-0.15, -0.1) is 12.4 Å². The number of halogens is 1. The lowest BCUT2D eigenvalue weighted by Crippen LogP contribution is -2.25. The van der Waals surface area contributed by atoms with E-state index in [0.29, 0.717) is 6.42 Å². The molecule has 0 bridgehead atoms. The van der Waals surface area contributed by atoms with Crippen LogP contribution in [0.3, 0.4) is 0 Å². The second-order valence-electron chi connectivity index (χ2n) is 4.09. The molecule has 0 aromatic rings. The number of amides is 1. The number of rotatable bonds is 8. The highest BCUT2D eigenvalue weighted by Crippen LogP contribution is 2.01. The summed E-state index contributed by atoms with van der Waals surface area (Å²) in [5, 5.41) is 5.96. The first-order valence-corrected chi connectivity index (χ1v) is 5.58. The van der Waals surface area contributed by atoms with Gasteiger partial charge in [0.25, 0.3) is 0 Å². The van der Waals surface area contributed by atoms with E-state index in [1.54, 1.807) is 0 Å². The quantitative estimate of drug-likeness (QED) is 0.633. The van der Waals surface area contributed by atoms with Crippen LogP contribution in [0.1, 0.15) is 39.5 Å². The average Bonchev–Trinajstić information content (AvgIpc) is 2.13. The lowest BCUT2D eigenvalue weighted by Gasteiger charge is -2.06. The molecule has 0 saturated heterocycles. The molecule has 1 amide bonds. The van der Waals surface area contributed by atoms with Crippen molar-refractivity contribution in [2.75, 3.05) is 20.1 Å². The number of carbonyl (C=O) groups excluding carboxylic acids is 1. The van der Waals surface area contributed by atoms with Gasteiger partial charge >= 0.3 is 0 Å². The Bertz CT molecular complexity index is 152.